The van der Waals surface area contributed by atoms with E-state index in [9.17, 15) is 18.0 Å². The highest BCUT2D eigenvalue weighted by Crippen LogP contribution is 2.34. The van der Waals surface area contributed by atoms with Gasteiger partial charge in [0.1, 0.15) is 4.83 Å². The fraction of sp³-hybridized carbons (Fsp3) is 0.278. The van der Waals surface area contributed by atoms with Crippen LogP contribution >= 0.6 is 23.7 Å². The summed E-state index contributed by atoms with van der Waals surface area (Å²) in [5.74, 6) is -1.48. The topological polar surface area (TPSA) is 155 Å². The third-order valence-electron chi connectivity index (χ3n) is 4.24. The van der Waals surface area contributed by atoms with Crippen molar-refractivity contribution < 1.29 is 18.3 Å². The van der Waals surface area contributed by atoms with E-state index in [4.69, 9.17) is 10.8 Å². The Morgan fingerprint density at radius 2 is 2.10 bits per heavy atom. The highest BCUT2D eigenvalue weighted by Gasteiger charge is 2.22. The van der Waals surface area contributed by atoms with Gasteiger partial charge >= 0.3 is 5.97 Å². The first kappa shape index (κ1) is 23.8. The van der Waals surface area contributed by atoms with Crippen molar-refractivity contribution in [2.24, 2.45) is 5.73 Å². The number of aromatic carboxylic acids is 1. The molecule has 30 heavy (non-hydrogen) atoms. The molecule has 9 nitrogen and oxygen atoms in total. The molecule has 0 unspecified atom stereocenters. The predicted octanol–water partition coefficient (Wildman–Crippen LogP) is 2.11. The van der Waals surface area contributed by atoms with Gasteiger partial charge in [0.2, 0.25) is 15.8 Å². The quantitative estimate of drug-likeness (QED) is 0.453. The van der Waals surface area contributed by atoms with Crippen LogP contribution in [0.1, 0.15) is 33.0 Å². The molecule has 0 atom stereocenters. The summed E-state index contributed by atoms with van der Waals surface area (Å²) in [5, 5.41) is 9.37. The molecule has 1 aliphatic carbocycles. The molecule has 2 aromatic heterocycles. The van der Waals surface area contributed by atoms with Crippen LogP contribution in [0.25, 0.3) is 10.2 Å². The van der Waals surface area contributed by atoms with E-state index >= 15 is 0 Å². The molecular formula is C18H21ClN4O5S2. The first-order chi connectivity index (χ1) is 13.7. The zero-order valence-corrected chi connectivity index (χ0v) is 18.4. The number of aromatic nitrogens is 2. The number of aryl methyl sites for hydroxylation is 2. The molecule has 0 fully saturated rings. The SMILES string of the molecule is CS(=O)(=O)Nc1cccc(CN)c1.Cl.O=C(O)c1nc2sc3c(c2c(=O)[nH]1)CCC3. The fourth-order valence-electron chi connectivity index (χ4n) is 3.08. The summed E-state index contributed by atoms with van der Waals surface area (Å²) >= 11 is 1.44. The average molecular weight is 473 g/mol. The molecule has 5 N–H and O–H groups in total. The Hall–Kier alpha value is -2.47. The molecule has 2 heterocycles. The average Bonchev–Trinajstić information content (AvgIpc) is 3.21. The third-order valence-corrected chi connectivity index (χ3v) is 6.04. The van der Waals surface area contributed by atoms with E-state index in [0.29, 0.717) is 22.4 Å². The summed E-state index contributed by atoms with van der Waals surface area (Å²) in [6.45, 7) is 0.402. The summed E-state index contributed by atoms with van der Waals surface area (Å²) in [4.78, 5) is 30.5. The van der Waals surface area contributed by atoms with Crippen LogP contribution in [0, 0.1) is 0 Å². The molecule has 0 aliphatic heterocycles. The number of nitrogens with zero attached hydrogens (tertiary/aromatic N) is 1. The molecule has 3 aromatic rings. The maximum absolute atomic E-state index is 11.8. The number of H-pyrrole nitrogens is 1. The minimum atomic E-state index is -3.19. The minimum Gasteiger partial charge on any atom is -0.475 e. The van der Waals surface area contributed by atoms with Gasteiger partial charge in [0.25, 0.3) is 5.56 Å². The molecule has 4 rings (SSSR count). The molecule has 1 aromatic carbocycles. The molecule has 0 saturated heterocycles. The first-order valence-electron chi connectivity index (χ1n) is 8.72. The van der Waals surface area contributed by atoms with E-state index < -0.39 is 16.0 Å². The van der Waals surface area contributed by atoms with Crippen molar-refractivity contribution in [2.75, 3.05) is 11.0 Å². The Kier molecular flexibility index (Phi) is 7.59. The van der Waals surface area contributed by atoms with E-state index in [1.165, 1.54) is 16.2 Å². The predicted molar refractivity (Wildman–Crippen MR) is 119 cm³/mol. The van der Waals surface area contributed by atoms with Gasteiger partial charge < -0.3 is 15.8 Å². The summed E-state index contributed by atoms with van der Waals surface area (Å²) in [5.41, 5.74) is 7.58. The lowest BCUT2D eigenvalue weighted by Gasteiger charge is -2.04. The third kappa shape index (κ3) is 5.57. The Morgan fingerprint density at radius 1 is 1.37 bits per heavy atom. The number of carbonyl (C=O) groups is 1. The van der Waals surface area contributed by atoms with Gasteiger partial charge in [-0.3, -0.25) is 9.52 Å². The van der Waals surface area contributed by atoms with Crippen LogP contribution in [0.15, 0.2) is 29.1 Å². The van der Waals surface area contributed by atoms with Gasteiger partial charge in [-0.25, -0.2) is 18.2 Å². The number of sulfonamides is 1. The number of nitrogens with two attached hydrogens (primary N) is 1. The van der Waals surface area contributed by atoms with E-state index in [1.807, 2.05) is 6.07 Å². The second-order valence-corrected chi connectivity index (χ2v) is 9.37. The lowest BCUT2D eigenvalue weighted by Crippen LogP contribution is -2.15. The van der Waals surface area contributed by atoms with Crippen LogP contribution in [0.3, 0.4) is 0 Å². The molecule has 0 amide bonds. The molecule has 12 heteroatoms. The number of carboxylic acid groups (broad SMARTS) is 1. The van der Waals surface area contributed by atoms with Gasteiger partial charge in [0.05, 0.1) is 11.6 Å². The van der Waals surface area contributed by atoms with Gasteiger partial charge in [-0.2, -0.15) is 0 Å². The Labute approximate surface area is 182 Å². The number of hydrogen-bond acceptors (Lipinski definition) is 7. The molecule has 0 bridgehead atoms. The lowest BCUT2D eigenvalue weighted by atomic mass is 10.2. The number of rotatable bonds is 4. The number of fused-ring (bicyclic) bond motifs is 3. The van der Waals surface area contributed by atoms with E-state index in [1.54, 1.807) is 18.2 Å². The van der Waals surface area contributed by atoms with E-state index in [2.05, 4.69) is 14.7 Å². The van der Waals surface area contributed by atoms with Crippen LogP contribution < -0.4 is 16.0 Å². The number of halogens is 1. The summed E-state index contributed by atoms with van der Waals surface area (Å²) < 4.78 is 24.1. The number of aromatic amines is 1. The highest BCUT2D eigenvalue weighted by molar-refractivity contribution is 7.92. The zero-order chi connectivity index (χ0) is 21.2. The summed E-state index contributed by atoms with van der Waals surface area (Å²) in [7, 11) is -3.19. The number of thiophene rings is 1. The van der Waals surface area contributed by atoms with Crippen LogP contribution in [0.2, 0.25) is 0 Å². The largest absolute Gasteiger partial charge is 0.475 e. The van der Waals surface area contributed by atoms with Crippen LogP contribution in [-0.4, -0.2) is 35.7 Å². The fourth-order valence-corrected chi connectivity index (χ4v) is 4.90. The Bertz CT molecular complexity index is 1240. The van der Waals surface area contributed by atoms with Gasteiger partial charge in [-0.1, -0.05) is 12.1 Å². The lowest BCUT2D eigenvalue weighted by molar-refractivity contribution is 0.0683. The van der Waals surface area contributed by atoms with Crippen molar-refractivity contribution in [2.45, 2.75) is 25.8 Å². The normalized spacial score (nSPS) is 12.5. The van der Waals surface area contributed by atoms with Crippen molar-refractivity contribution in [3.8, 4) is 0 Å². The number of benzene rings is 1. The van der Waals surface area contributed by atoms with Crippen LogP contribution in [0.5, 0.6) is 0 Å². The number of carboxylic acids is 1. The smallest absolute Gasteiger partial charge is 0.372 e. The summed E-state index contributed by atoms with van der Waals surface area (Å²) in [6, 6.07) is 6.99. The molecular weight excluding hydrogens is 452 g/mol. The Morgan fingerprint density at radius 3 is 2.73 bits per heavy atom. The standard InChI is InChI=1S/C10H8N2O3S.C8H12N2O2S.ClH/c13-8-6-4-2-1-3-5(4)16-9(6)12-7(11-8)10(14)15;1-13(11,12)10-8-4-2-3-7(5-8)6-9;/h1-3H2,(H,14,15)(H,11,12,13);2-5,10H,6,9H2,1H3;1H. The second-order valence-electron chi connectivity index (χ2n) is 6.54. The van der Waals surface area contributed by atoms with Gasteiger partial charge in [-0.15, -0.1) is 23.7 Å². The van der Waals surface area contributed by atoms with E-state index in [-0.39, 0.29) is 23.8 Å². The Balaban J connectivity index is 0.000000212. The zero-order valence-electron chi connectivity index (χ0n) is 16.0. The monoisotopic (exact) mass is 472 g/mol. The van der Waals surface area contributed by atoms with E-state index in [0.717, 1.165) is 36.6 Å². The number of nitrogens with one attached hydrogen (secondary N) is 2. The van der Waals surface area contributed by atoms with Gasteiger partial charge in [0, 0.05) is 17.1 Å². The maximum atomic E-state index is 11.8. The van der Waals surface area contributed by atoms with Crippen LogP contribution in [0.4, 0.5) is 5.69 Å². The molecule has 162 valence electrons. The molecule has 0 radical (unpaired) electrons. The van der Waals surface area contributed by atoms with Gasteiger partial charge in [-0.05, 0) is 42.5 Å². The van der Waals surface area contributed by atoms with Crippen molar-refractivity contribution in [1.82, 2.24) is 9.97 Å². The van der Waals surface area contributed by atoms with Gasteiger partial charge in [0.15, 0.2) is 0 Å². The highest BCUT2D eigenvalue weighted by atomic mass is 35.5. The van der Waals surface area contributed by atoms with Crippen LogP contribution in [-0.2, 0) is 29.4 Å². The molecule has 1 aliphatic rings. The number of hydrogen-bond donors (Lipinski definition) is 4. The van der Waals surface area contributed by atoms with Crippen molar-refractivity contribution >= 4 is 55.6 Å². The van der Waals surface area contributed by atoms with Crippen molar-refractivity contribution in [1.29, 1.82) is 0 Å². The first-order valence-corrected chi connectivity index (χ1v) is 11.4. The van der Waals surface area contributed by atoms with Crippen molar-refractivity contribution in [3.63, 3.8) is 0 Å². The van der Waals surface area contributed by atoms with Crippen molar-refractivity contribution in [3.05, 3.63) is 56.4 Å². The second kappa shape index (κ2) is 9.56. The molecule has 0 spiro atoms. The summed E-state index contributed by atoms with van der Waals surface area (Å²) in [6.07, 6.45) is 4.05. The minimum absolute atomic E-state index is 0. The number of anilines is 1. The maximum Gasteiger partial charge on any atom is 0.372 e. The molecule has 0 saturated carbocycles.